The first kappa shape index (κ1) is 19.8. The van der Waals surface area contributed by atoms with E-state index in [2.05, 4.69) is 21.5 Å². The van der Waals surface area contributed by atoms with E-state index in [4.69, 9.17) is 16.2 Å². The lowest BCUT2D eigenvalue weighted by atomic mass is 10.0. The van der Waals surface area contributed by atoms with Crippen LogP contribution in [0.2, 0.25) is 0 Å². The van der Waals surface area contributed by atoms with Crippen LogP contribution in [0, 0.1) is 5.92 Å². The molecule has 4 atom stereocenters. The molecule has 10 nitrogen and oxygen atoms in total. The highest BCUT2D eigenvalue weighted by atomic mass is 16.5. The fraction of sp³-hybridized carbons (Fsp3) is 0.300. The number of esters is 1. The van der Waals surface area contributed by atoms with E-state index in [1.807, 2.05) is 6.07 Å². The number of nitrogens with zero attached hydrogens (tertiary/aromatic N) is 3. The number of aliphatic hydroxyl groups excluding tert-OH is 1. The van der Waals surface area contributed by atoms with E-state index < -0.39 is 29.6 Å². The van der Waals surface area contributed by atoms with Gasteiger partial charge in [-0.2, -0.15) is 4.98 Å². The monoisotopic (exact) mass is 410 g/mol. The SMILES string of the molecule is C=C1[C@H](COC(=O)[C@H](N)c2ccccc2)[C@@H](O)C[C@@H]1n1cnc2c(=O)[nH]c(N)nc21. The minimum Gasteiger partial charge on any atom is -0.464 e. The molecule has 0 saturated heterocycles. The third-order valence-corrected chi connectivity index (χ3v) is 5.44. The first-order chi connectivity index (χ1) is 14.4. The number of nitrogen functional groups attached to an aromatic ring is 1. The zero-order valence-corrected chi connectivity index (χ0v) is 16.1. The molecule has 0 unspecified atom stereocenters. The predicted octanol–water partition coefficient (Wildman–Crippen LogP) is 0.423. The van der Waals surface area contributed by atoms with Crippen molar-refractivity contribution < 1.29 is 14.6 Å². The van der Waals surface area contributed by atoms with Crippen LogP contribution in [0.3, 0.4) is 0 Å². The Morgan fingerprint density at radius 1 is 1.40 bits per heavy atom. The number of benzene rings is 1. The van der Waals surface area contributed by atoms with Crippen molar-refractivity contribution in [3.8, 4) is 0 Å². The Morgan fingerprint density at radius 3 is 2.87 bits per heavy atom. The molecule has 0 spiro atoms. The van der Waals surface area contributed by atoms with Crippen LogP contribution < -0.4 is 17.0 Å². The maximum Gasteiger partial charge on any atom is 0.327 e. The van der Waals surface area contributed by atoms with Gasteiger partial charge < -0.3 is 25.9 Å². The number of rotatable bonds is 5. The van der Waals surface area contributed by atoms with E-state index >= 15 is 0 Å². The number of H-pyrrole nitrogens is 1. The number of fused-ring (bicyclic) bond motifs is 1. The Kier molecular flexibility index (Phi) is 5.10. The number of imidazole rings is 1. The van der Waals surface area contributed by atoms with Gasteiger partial charge in [0, 0.05) is 5.92 Å². The molecular formula is C20H22N6O4. The van der Waals surface area contributed by atoms with Crippen LogP contribution in [0.25, 0.3) is 11.2 Å². The van der Waals surface area contributed by atoms with Gasteiger partial charge in [0.1, 0.15) is 12.6 Å². The predicted molar refractivity (Wildman–Crippen MR) is 109 cm³/mol. The highest BCUT2D eigenvalue weighted by molar-refractivity contribution is 5.77. The van der Waals surface area contributed by atoms with Crippen molar-refractivity contribution in [1.29, 1.82) is 0 Å². The van der Waals surface area contributed by atoms with Crippen molar-refractivity contribution in [3.63, 3.8) is 0 Å². The Bertz CT molecular complexity index is 1160. The first-order valence-corrected chi connectivity index (χ1v) is 9.43. The number of anilines is 1. The van der Waals surface area contributed by atoms with Gasteiger partial charge in [-0.3, -0.25) is 9.78 Å². The second-order valence-corrected chi connectivity index (χ2v) is 7.29. The Balaban J connectivity index is 1.49. The van der Waals surface area contributed by atoms with Crippen molar-refractivity contribution in [3.05, 3.63) is 64.7 Å². The highest BCUT2D eigenvalue weighted by Gasteiger charge is 2.39. The fourth-order valence-corrected chi connectivity index (χ4v) is 3.78. The minimum absolute atomic E-state index is 0.0289. The molecule has 0 aliphatic heterocycles. The minimum atomic E-state index is -0.912. The lowest BCUT2D eigenvalue weighted by molar-refractivity contribution is -0.147. The molecule has 0 amide bonds. The van der Waals surface area contributed by atoms with Gasteiger partial charge in [-0.25, -0.2) is 9.78 Å². The summed E-state index contributed by atoms with van der Waals surface area (Å²) in [6, 6.07) is 7.62. The van der Waals surface area contributed by atoms with E-state index in [0.717, 1.165) is 0 Å². The third-order valence-electron chi connectivity index (χ3n) is 5.44. The van der Waals surface area contributed by atoms with Gasteiger partial charge in [-0.05, 0) is 17.6 Å². The zero-order chi connectivity index (χ0) is 21.4. The number of carbonyl (C=O) groups is 1. The van der Waals surface area contributed by atoms with Gasteiger partial charge in [0.05, 0.1) is 18.5 Å². The van der Waals surface area contributed by atoms with Gasteiger partial charge in [0.2, 0.25) is 5.95 Å². The summed E-state index contributed by atoms with van der Waals surface area (Å²) in [7, 11) is 0. The summed E-state index contributed by atoms with van der Waals surface area (Å²) >= 11 is 0. The molecule has 1 aliphatic rings. The van der Waals surface area contributed by atoms with Crippen LogP contribution in [0.1, 0.15) is 24.1 Å². The van der Waals surface area contributed by atoms with E-state index in [9.17, 15) is 14.7 Å². The van der Waals surface area contributed by atoms with Gasteiger partial charge in [0.25, 0.3) is 5.56 Å². The molecule has 1 aliphatic carbocycles. The third kappa shape index (κ3) is 3.46. The molecule has 0 radical (unpaired) electrons. The number of hydrogen-bond acceptors (Lipinski definition) is 8. The summed E-state index contributed by atoms with van der Waals surface area (Å²) in [6.07, 6.45) is 0.986. The molecule has 30 heavy (non-hydrogen) atoms. The second kappa shape index (κ2) is 7.73. The van der Waals surface area contributed by atoms with Gasteiger partial charge >= 0.3 is 5.97 Å². The van der Waals surface area contributed by atoms with E-state index in [-0.39, 0.29) is 24.1 Å². The summed E-state index contributed by atoms with van der Waals surface area (Å²) in [4.78, 5) is 35.0. The topological polar surface area (TPSA) is 162 Å². The molecule has 2 aromatic heterocycles. The number of hydrogen-bond donors (Lipinski definition) is 4. The van der Waals surface area contributed by atoms with E-state index in [0.29, 0.717) is 23.2 Å². The number of aromatic nitrogens is 4. The number of carbonyl (C=O) groups excluding carboxylic acids is 1. The van der Waals surface area contributed by atoms with Crippen molar-refractivity contribution in [2.24, 2.45) is 11.7 Å². The number of nitrogens with two attached hydrogens (primary N) is 2. The lowest BCUT2D eigenvalue weighted by Gasteiger charge is -2.19. The lowest BCUT2D eigenvalue weighted by Crippen LogP contribution is -2.28. The van der Waals surface area contributed by atoms with Crippen molar-refractivity contribution in [2.75, 3.05) is 12.3 Å². The molecule has 0 bridgehead atoms. The Morgan fingerprint density at radius 2 is 2.13 bits per heavy atom. The largest absolute Gasteiger partial charge is 0.464 e. The molecule has 4 rings (SSSR count). The summed E-state index contributed by atoms with van der Waals surface area (Å²) in [5.74, 6) is -1.10. The van der Waals surface area contributed by atoms with Crippen LogP contribution in [0.4, 0.5) is 5.95 Å². The van der Waals surface area contributed by atoms with Crippen molar-refractivity contribution in [2.45, 2.75) is 24.6 Å². The maximum atomic E-state index is 12.3. The molecule has 3 aromatic rings. The second-order valence-electron chi connectivity index (χ2n) is 7.29. The normalized spacial score (nSPS) is 22.3. The van der Waals surface area contributed by atoms with Gasteiger partial charge in [-0.1, -0.05) is 36.9 Å². The summed E-state index contributed by atoms with van der Waals surface area (Å²) in [5, 5.41) is 10.5. The number of aliphatic hydroxyl groups is 1. The van der Waals surface area contributed by atoms with Crippen LogP contribution in [0.15, 0.2) is 53.6 Å². The standard InChI is InChI=1S/C20H22N6O4/c1-10-12(8-30-19(29)15(21)11-5-3-2-4-6-11)14(27)7-13(10)26-9-23-16-17(26)24-20(22)25-18(16)28/h2-6,9,12-15,27H,1,7-8,21H2,(H3,22,24,25,28)/t12-,13-,14-,15+/m0/s1. The molecule has 10 heteroatoms. The number of nitrogens with one attached hydrogen (secondary N) is 1. The number of aromatic amines is 1. The zero-order valence-electron chi connectivity index (χ0n) is 16.1. The molecular weight excluding hydrogens is 388 g/mol. The van der Waals surface area contributed by atoms with E-state index in [1.54, 1.807) is 28.8 Å². The Hall–Kier alpha value is -3.50. The van der Waals surface area contributed by atoms with Crippen molar-refractivity contribution >= 4 is 23.1 Å². The summed E-state index contributed by atoms with van der Waals surface area (Å²) < 4.78 is 7.03. The van der Waals surface area contributed by atoms with Gasteiger partial charge in [-0.15, -0.1) is 0 Å². The van der Waals surface area contributed by atoms with Crippen LogP contribution in [-0.4, -0.2) is 43.3 Å². The molecule has 6 N–H and O–H groups in total. The van der Waals surface area contributed by atoms with Crippen LogP contribution in [-0.2, 0) is 9.53 Å². The average molecular weight is 410 g/mol. The first-order valence-electron chi connectivity index (χ1n) is 9.43. The molecule has 1 saturated carbocycles. The van der Waals surface area contributed by atoms with Gasteiger partial charge in [0.15, 0.2) is 11.2 Å². The smallest absolute Gasteiger partial charge is 0.327 e. The van der Waals surface area contributed by atoms with E-state index in [1.165, 1.54) is 6.33 Å². The number of ether oxygens (including phenoxy) is 1. The molecule has 2 heterocycles. The Labute approximate surface area is 171 Å². The molecule has 156 valence electrons. The van der Waals surface area contributed by atoms with Crippen molar-refractivity contribution in [1.82, 2.24) is 19.5 Å². The molecule has 1 fully saturated rings. The quantitative estimate of drug-likeness (QED) is 0.347. The van der Waals surface area contributed by atoms with Crippen LogP contribution in [0.5, 0.6) is 0 Å². The summed E-state index contributed by atoms with van der Waals surface area (Å²) in [5.41, 5.74) is 12.9. The fourth-order valence-electron chi connectivity index (χ4n) is 3.78. The average Bonchev–Trinajstić information content (AvgIpc) is 3.27. The molecule has 1 aromatic carbocycles. The highest BCUT2D eigenvalue weighted by Crippen LogP contribution is 2.40. The maximum absolute atomic E-state index is 12.3. The summed E-state index contributed by atoms with van der Waals surface area (Å²) in [6.45, 7) is 4.02. The van der Waals surface area contributed by atoms with Crippen LogP contribution >= 0.6 is 0 Å².